The van der Waals surface area contributed by atoms with E-state index < -0.39 is 47.0 Å². The highest BCUT2D eigenvalue weighted by molar-refractivity contribution is 6.09. The van der Waals surface area contributed by atoms with E-state index in [9.17, 15) is 52.6 Å². The SMILES string of the molecule is Cc1cc(F)cc(C)c1Oc1ccc(C(C)(C)O)cc1-c1cn(C)c(=O)c2[nH]c(C(=O)Nc3ccc(OCCOCCOCCOCCOCCOCCOCCOCCOCCNC(=O)c4nc(NC(=O)C5CN(C(=O)c6cc(NC(=O)c7nc(NC(=O)CCNC(=O)c8cc(NC(=O)c9nccn9C)cn8C)cn7C)cn6C)C5)cn4C)cc3)cc12. The quantitative estimate of drug-likeness (QED) is 0.0187. The number of nitrogens with zero attached hydrogens (tertiary/aromatic N) is 10. The summed E-state index contributed by atoms with van der Waals surface area (Å²) >= 11 is 0. The smallest absolute Gasteiger partial charge is 0.291 e. The van der Waals surface area contributed by atoms with E-state index in [1.165, 1.54) is 66.0 Å². The predicted octanol–water partition coefficient (Wildman–Crippen LogP) is 6.35. The van der Waals surface area contributed by atoms with Crippen LogP contribution in [0.1, 0.15) is 100 Å². The van der Waals surface area contributed by atoms with Gasteiger partial charge in [0.15, 0.2) is 17.5 Å². The lowest BCUT2D eigenvalue weighted by atomic mass is 9.93. The van der Waals surface area contributed by atoms with E-state index in [0.717, 1.165) is 0 Å². The Morgan fingerprint density at radius 1 is 0.512 bits per heavy atom. The number of carbonyl (C=O) groups is 8. The number of benzene rings is 3. The zero-order chi connectivity index (χ0) is 87.9. The number of halogens is 1. The molecule has 8 heterocycles. The third-order valence-electron chi connectivity index (χ3n) is 19.4. The van der Waals surface area contributed by atoms with Crippen LogP contribution in [-0.2, 0) is 95.4 Å². The van der Waals surface area contributed by atoms with E-state index in [2.05, 4.69) is 57.2 Å². The second kappa shape index (κ2) is 43.2. The first-order chi connectivity index (χ1) is 59.0. The van der Waals surface area contributed by atoms with Crippen molar-refractivity contribution < 1.29 is 95.2 Å². The van der Waals surface area contributed by atoms with Gasteiger partial charge in [0, 0.05) is 140 Å². The second-order valence-corrected chi connectivity index (χ2v) is 29.4. The number of aromatic nitrogens is 10. The van der Waals surface area contributed by atoms with Crippen molar-refractivity contribution in [2.75, 3.05) is 165 Å². The summed E-state index contributed by atoms with van der Waals surface area (Å²) in [5, 5.41) is 30.6. The Morgan fingerprint density at radius 2 is 1.02 bits per heavy atom. The number of imidazole rings is 3. The zero-order valence-electron chi connectivity index (χ0n) is 70.2. The molecule has 0 atom stereocenters. The number of hydrogen-bond acceptors (Lipinski definition) is 23. The number of carbonyl (C=O) groups excluding carboxylic acids is 8. The molecule has 38 nitrogen and oxygen atoms in total. The number of H-pyrrole nitrogens is 1. The molecule has 1 aliphatic heterocycles. The van der Waals surface area contributed by atoms with Crippen LogP contribution in [0.2, 0.25) is 0 Å². The maximum Gasteiger partial charge on any atom is 0.291 e. The molecule has 0 saturated carbocycles. The first-order valence-electron chi connectivity index (χ1n) is 39.7. The van der Waals surface area contributed by atoms with Crippen LogP contribution in [0, 0.1) is 25.6 Å². The van der Waals surface area contributed by atoms with Gasteiger partial charge in [-0.05, 0) is 111 Å². The van der Waals surface area contributed by atoms with Gasteiger partial charge in [-0.15, -0.1) is 0 Å². The fourth-order valence-electron chi connectivity index (χ4n) is 13.0. The molecule has 0 unspecified atom stereocenters. The highest BCUT2D eigenvalue weighted by atomic mass is 19.1. The minimum atomic E-state index is -1.23. The van der Waals surface area contributed by atoms with Crippen LogP contribution in [0.25, 0.3) is 22.0 Å². The fraction of sp³-hybridized carbons (Fsp3) is 0.405. The van der Waals surface area contributed by atoms with Gasteiger partial charge in [0.25, 0.3) is 41.0 Å². The average Bonchev–Trinajstić information content (AvgIpc) is 1.66. The molecule has 39 heteroatoms. The monoisotopic (exact) mass is 1700 g/mol. The molecule has 1 saturated heterocycles. The first kappa shape index (κ1) is 91.0. The van der Waals surface area contributed by atoms with Crippen LogP contribution < -0.4 is 52.3 Å². The zero-order valence-corrected chi connectivity index (χ0v) is 70.2. The van der Waals surface area contributed by atoms with E-state index in [1.807, 2.05) is 0 Å². The number of hydrogen-bond donors (Lipinski definition) is 9. The Labute approximate surface area is 706 Å². The van der Waals surface area contributed by atoms with Gasteiger partial charge in [0.2, 0.25) is 23.5 Å². The standard InChI is InChI=1S/C84H103FN18O20/c1-52-39-56(85)40-53(2)72(52)123-67-16-11-55(84(3,4)113)41-61(67)63-49-102(10)83(112)71-62(63)44-64(92-71)77(106)89-57-12-14-60(15-13-57)122-38-37-121-36-35-120-34-33-119-32-31-118-30-29-117-28-27-116-26-25-115-24-23-114-22-20-88-79(108)74-95-69(51-100(74)8)96-76(105)54-45-103(46-54)82(111)66-43-59(48-99(66)7)91-81(110)75-94-68(50-101(75)9)93-70(104)17-18-87-78(107)65-42-58(47-98(65)6)90-80(109)73-86-19-21-97(73)5/h11-16,19,21,39-44,47-51,54,92,113H,17-18,20,22-38,45-46H2,1-10H3,(H,87,107)(H,88,108)(H,89,106)(H,90,109)(H,91,110)(H,93,104)(H,96,105). The summed E-state index contributed by atoms with van der Waals surface area (Å²) in [7, 11) is 9.76. The Balaban J connectivity index is 0.456. The second-order valence-electron chi connectivity index (χ2n) is 29.4. The van der Waals surface area contributed by atoms with Crippen molar-refractivity contribution in [2.45, 2.75) is 39.7 Å². The molecule has 1 aliphatic rings. The van der Waals surface area contributed by atoms with Gasteiger partial charge < -0.3 is 127 Å². The molecule has 0 radical (unpaired) electrons. The van der Waals surface area contributed by atoms with Gasteiger partial charge in [0.1, 0.15) is 52.3 Å². The van der Waals surface area contributed by atoms with Crippen LogP contribution in [0.5, 0.6) is 17.2 Å². The molecule has 7 aromatic heterocycles. The van der Waals surface area contributed by atoms with Gasteiger partial charge in [-0.2, -0.15) is 0 Å². The Hall–Kier alpha value is -12.7. The van der Waals surface area contributed by atoms with Crippen molar-refractivity contribution in [2.24, 2.45) is 48.2 Å². The highest BCUT2D eigenvalue weighted by Crippen LogP contribution is 2.41. The molecule has 0 aliphatic carbocycles. The molecule has 3 aromatic carbocycles. The van der Waals surface area contributed by atoms with Gasteiger partial charge in [-0.25, -0.2) is 19.3 Å². The molecule has 1 fully saturated rings. The number of nitrogens with one attached hydrogen (secondary N) is 8. The number of aliphatic hydroxyl groups is 1. The van der Waals surface area contributed by atoms with Crippen LogP contribution in [0.4, 0.5) is 33.1 Å². The maximum atomic E-state index is 14.3. The van der Waals surface area contributed by atoms with Crippen LogP contribution in [0.15, 0.2) is 121 Å². The minimum Gasteiger partial charge on any atom is -0.491 e. The number of fused-ring (bicyclic) bond motifs is 1. The molecule has 11 rings (SSSR count). The number of ether oxygens (including phenoxy) is 10. The van der Waals surface area contributed by atoms with Crippen molar-refractivity contribution in [3.05, 3.63) is 184 Å². The number of rotatable bonds is 47. The van der Waals surface area contributed by atoms with Crippen LogP contribution >= 0.6 is 0 Å². The summed E-state index contributed by atoms with van der Waals surface area (Å²) in [6, 6.07) is 19.5. The molecule has 10 aromatic rings. The minimum absolute atomic E-state index is 0.0255. The molecule has 9 N–H and O–H groups in total. The Bertz CT molecular complexity index is 5410. The van der Waals surface area contributed by atoms with Crippen molar-refractivity contribution in [1.29, 1.82) is 0 Å². The lowest BCUT2D eigenvalue weighted by molar-refractivity contribution is -0.123. The lowest BCUT2D eigenvalue weighted by Gasteiger charge is -2.38. The Kier molecular flexibility index (Phi) is 31.9. The summed E-state index contributed by atoms with van der Waals surface area (Å²) in [4.78, 5) is 136. The maximum absolute atomic E-state index is 14.3. The molecular weight excluding hydrogens is 1600 g/mol. The van der Waals surface area contributed by atoms with Crippen LogP contribution in [-0.4, -0.2) is 243 Å². The molecule has 0 spiro atoms. The van der Waals surface area contributed by atoms with Crippen LogP contribution in [0.3, 0.4) is 0 Å². The van der Waals surface area contributed by atoms with E-state index in [0.29, 0.717) is 167 Å². The molecule has 8 amide bonds. The van der Waals surface area contributed by atoms with Gasteiger partial charge in [0.05, 0.1) is 129 Å². The average molecular weight is 1700 g/mol. The van der Waals surface area contributed by atoms with E-state index in [-0.39, 0.29) is 121 Å². The molecular formula is C84H103FN18O20. The van der Waals surface area contributed by atoms with Gasteiger partial charge in [-0.1, -0.05) is 6.07 Å². The molecule has 656 valence electrons. The third-order valence-corrected chi connectivity index (χ3v) is 19.4. The number of pyridine rings is 1. The van der Waals surface area contributed by atoms with E-state index in [4.69, 9.17) is 47.4 Å². The van der Waals surface area contributed by atoms with E-state index in [1.54, 1.807) is 152 Å². The van der Waals surface area contributed by atoms with E-state index >= 15 is 0 Å². The summed E-state index contributed by atoms with van der Waals surface area (Å²) < 4.78 is 80.2. The lowest BCUT2D eigenvalue weighted by Crippen LogP contribution is -2.54. The summed E-state index contributed by atoms with van der Waals surface area (Å²) in [6.45, 7) is 13.3. The first-order valence-corrected chi connectivity index (χ1v) is 39.7. The van der Waals surface area contributed by atoms with Crippen molar-refractivity contribution in [1.82, 2.24) is 62.9 Å². The largest absolute Gasteiger partial charge is 0.491 e. The summed E-state index contributed by atoms with van der Waals surface area (Å²) in [5.74, 6) is -2.75. The number of aromatic amines is 1. The van der Waals surface area contributed by atoms with Crippen molar-refractivity contribution in [3.63, 3.8) is 0 Å². The number of amides is 8. The Morgan fingerprint density at radius 3 is 1.59 bits per heavy atom. The summed E-state index contributed by atoms with van der Waals surface area (Å²) in [5.41, 5.74) is 3.28. The summed E-state index contributed by atoms with van der Waals surface area (Å²) in [6.07, 6.45) is 10.8. The highest BCUT2D eigenvalue weighted by Gasteiger charge is 2.38. The molecule has 123 heavy (non-hydrogen) atoms. The van der Waals surface area contributed by atoms with Crippen molar-refractivity contribution >= 4 is 86.9 Å². The predicted molar refractivity (Wildman–Crippen MR) is 449 cm³/mol. The third kappa shape index (κ3) is 25.2. The van der Waals surface area contributed by atoms with Gasteiger partial charge in [-0.3, -0.25) is 43.2 Å². The number of anilines is 5. The molecule has 0 bridgehead atoms. The number of likely N-dealkylation sites (tertiary alicyclic amines) is 1. The normalized spacial score (nSPS) is 12.2. The number of aryl methyl sites for hydroxylation is 8. The topological polar surface area (TPSA) is 438 Å². The van der Waals surface area contributed by atoms with Crippen molar-refractivity contribution in [3.8, 4) is 28.4 Å². The van der Waals surface area contributed by atoms with Gasteiger partial charge >= 0.3 is 0 Å². The fourth-order valence-corrected chi connectivity index (χ4v) is 13.0.